The first-order valence-corrected chi connectivity index (χ1v) is 6.71. The molecule has 0 aliphatic rings. The number of nitrogens with one attached hydrogen (secondary N) is 1. The van der Waals surface area contributed by atoms with Gasteiger partial charge in [-0.1, -0.05) is 12.8 Å². The van der Waals surface area contributed by atoms with Crippen molar-refractivity contribution in [3.63, 3.8) is 0 Å². The Bertz CT molecular complexity index is 266. The normalized spacial score (nSPS) is 10.3. The average Bonchev–Trinajstić information content (AvgIpc) is 2.26. The fourth-order valence-electron chi connectivity index (χ4n) is 1.18. The van der Waals surface area contributed by atoms with Crippen LogP contribution < -0.4 is 5.32 Å². The number of hydrogen-bond donors (Lipinski definition) is 1. The van der Waals surface area contributed by atoms with Crippen LogP contribution in [0.1, 0.15) is 25.7 Å². The number of hydrogen-bond acceptors (Lipinski definition) is 3. The van der Waals surface area contributed by atoms with Crippen LogP contribution in [0.3, 0.4) is 0 Å². The Morgan fingerprint density at radius 1 is 1.13 bits per heavy atom. The highest BCUT2D eigenvalue weighted by Gasteiger charge is 1.94. The van der Waals surface area contributed by atoms with E-state index in [0.29, 0.717) is 5.95 Å². The Hall–Kier alpha value is -0.100. The van der Waals surface area contributed by atoms with Gasteiger partial charge in [0.15, 0.2) is 0 Å². The van der Waals surface area contributed by atoms with Gasteiger partial charge in [0.05, 0.1) is 0 Å². The number of anilines is 1. The van der Waals surface area contributed by atoms with E-state index in [4.69, 9.17) is 11.6 Å². The van der Waals surface area contributed by atoms with Crippen molar-refractivity contribution < 1.29 is 0 Å². The molecule has 5 heteroatoms. The van der Waals surface area contributed by atoms with Gasteiger partial charge >= 0.3 is 0 Å². The largest absolute Gasteiger partial charge is 0.354 e. The van der Waals surface area contributed by atoms with Crippen molar-refractivity contribution in [1.82, 2.24) is 9.97 Å². The fourth-order valence-corrected chi connectivity index (χ4v) is 1.64. The third kappa shape index (κ3) is 6.14. The fraction of sp³-hybridized carbons (Fsp3) is 0.600. The summed E-state index contributed by atoms with van der Waals surface area (Å²) in [5.74, 6) is 1.49. The Balaban J connectivity index is 2.07. The highest BCUT2D eigenvalue weighted by atomic mass is 127. The molecule has 1 aromatic rings. The molecule has 0 bridgehead atoms. The summed E-state index contributed by atoms with van der Waals surface area (Å²) < 4.78 is 1.06. The summed E-state index contributed by atoms with van der Waals surface area (Å²) in [6, 6.07) is 0. The molecule has 0 amide bonds. The highest BCUT2D eigenvalue weighted by molar-refractivity contribution is 14.1. The molecule has 3 nitrogen and oxygen atoms in total. The maximum atomic E-state index is 5.59. The summed E-state index contributed by atoms with van der Waals surface area (Å²) in [6.07, 6.45) is 8.30. The van der Waals surface area contributed by atoms with Crippen LogP contribution in [0.25, 0.3) is 0 Å². The molecule has 0 atom stereocenters. The second-order valence-corrected chi connectivity index (χ2v) is 4.88. The molecule has 1 aromatic heterocycles. The molecule has 0 aliphatic carbocycles. The van der Waals surface area contributed by atoms with Crippen molar-refractivity contribution in [2.45, 2.75) is 25.7 Å². The van der Waals surface area contributed by atoms with Crippen molar-refractivity contribution in [3.05, 3.63) is 16.0 Å². The predicted octanol–water partition coefficient (Wildman–Crippen LogP) is 3.29. The third-order valence-corrected chi connectivity index (χ3v) is 2.79. The summed E-state index contributed by atoms with van der Waals surface area (Å²) >= 11 is 7.78. The van der Waals surface area contributed by atoms with Crippen LogP contribution in [0, 0.1) is 3.57 Å². The molecule has 1 rings (SSSR count). The van der Waals surface area contributed by atoms with Gasteiger partial charge in [0.2, 0.25) is 5.95 Å². The van der Waals surface area contributed by atoms with Crippen molar-refractivity contribution in [2.75, 3.05) is 17.7 Å². The molecule has 0 fully saturated rings. The Kier molecular flexibility index (Phi) is 7.00. The minimum absolute atomic E-state index is 0.716. The zero-order valence-electron chi connectivity index (χ0n) is 8.55. The van der Waals surface area contributed by atoms with Crippen LogP contribution in [0.15, 0.2) is 12.4 Å². The lowest BCUT2D eigenvalue weighted by Crippen LogP contribution is -2.05. The molecule has 1 N–H and O–H groups in total. The molecule has 0 aromatic carbocycles. The summed E-state index contributed by atoms with van der Waals surface area (Å²) in [5, 5.41) is 3.19. The van der Waals surface area contributed by atoms with E-state index in [2.05, 4.69) is 37.9 Å². The van der Waals surface area contributed by atoms with E-state index in [-0.39, 0.29) is 0 Å². The molecule has 0 radical (unpaired) electrons. The van der Waals surface area contributed by atoms with Crippen molar-refractivity contribution in [1.29, 1.82) is 0 Å². The molecular formula is C10H15ClIN3. The first-order chi connectivity index (χ1) is 7.33. The Morgan fingerprint density at radius 2 is 1.80 bits per heavy atom. The van der Waals surface area contributed by atoms with Crippen LogP contribution in [-0.2, 0) is 0 Å². The number of halogens is 2. The van der Waals surface area contributed by atoms with E-state index < -0.39 is 0 Å². The van der Waals surface area contributed by atoms with E-state index in [9.17, 15) is 0 Å². The molecular weight excluding hydrogens is 324 g/mol. The second kappa shape index (κ2) is 8.10. The second-order valence-electron chi connectivity index (χ2n) is 3.25. The van der Waals surface area contributed by atoms with E-state index in [1.165, 1.54) is 12.8 Å². The van der Waals surface area contributed by atoms with E-state index in [0.717, 1.165) is 28.8 Å². The minimum atomic E-state index is 0.716. The molecule has 0 aliphatic heterocycles. The van der Waals surface area contributed by atoms with E-state index >= 15 is 0 Å². The van der Waals surface area contributed by atoms with Crippen LogP contribution in [-0.4, -0.2) is 22.4 Å². The van der Waals surface area contributed by atoms with Crippen LogP contribution in [0.5, 0.6) is 0 Å². The molecule has 84 valence electrons. The topological polar surface area (TPSA) is 37.8 Å². The molecule has 0 saturated carbocycles. The monoisotopic (exact) mass is 339 g/mol. The lowest BCUT2D eigenvalue weighted by atomic mass is 10.2. The van der Waals surface area contributed by atoms with Crippen LogP contribution >= 0.6 is 34.2 Å². The molecule has 0 unspecified atom stereocenters. The molecule has 1 heterocycles. The summed E-state index contributed by atoms with van der Waals surface area (Å²) in [5.41, 5.74) is 0. The number of alkyl halides is 1. The summed E-state index contributed by atoms with van der Waals surface area (Å²) in [4.78, 5) is 8.32. The number of nitrogens with zero attached hydrogens (tertiary/aromatic N) is 2. The molecule has 0 spiro atoms. The Morgan fingerprint density at radius 3 is 2.47 bits per heavy atom. The van der Waals surface area contributed by atoms with Gasteiger partial charge in [-0.2, -0.15) is 0 Å². The van der Waals surface area contributed by atoms with E-state index in [1.807, 2.05) is 12.4 Å². The lowest BCUT2D eigenvalue weighted by Gasteiger charge is -2.03. The van der Waals surface area contributed by atoms with Crippen molar-refractivity contribution >= 4 is 40.1 Å². The first kappa shape index (κ1) is 13.0. The maximum Gasteiger partial charge on any atom is 0.222 e. The van der Waals surface area contributed by atoms with Gasteiger partial charge in [-0.25, -0.2) is 9.97 Å². The van der Waals surface area contributed by atoms with Gasteiger partial charge in [-0.05, 0) is 35.4 Å². The van der Waals surface area contributed by atoms with Gasteiger partial charge in [0.25, 0.3) is 0 Å². The smallest absolute Gasteiger partial charge is 0.222 e. The minimum Gasteiger partial charge on any atom is -0.354 e. The Labute approximate surface area is 109 Å². The van der Waals surface area contributed by atoms with Crippen molar-refractivity contribution in [3.8, 4) is 0 Å². The summed E-state index contributed by atoms with van der Waals surface area (Å²) in [7, 11) is 0. The number of unbranched alkanes of at least 4 members (excludes halogenated alkanes) is 3. The maximum absolute atomic E-state index is 5.59. The van der Waals surface area contributed by atoms with Gasteiger partial charge in [0.1, 0.15) is 0 Å². The lowest BCUT2D eigenvalue weighted by molar-refractivity contribution is 0.686. The highest BCUT2D eigenvalue weighted by Crippen LogP contribution is 2.04. The zero-order chi connectivity index (χ0) is 10.9. The first-order valence-electron chi connectivity index (χ1n) is 5.10. The zero-order valence-corrected chi connectivity index (χ0v) is 11.5. The summed E-state index contributed by atoms with van der Waals surface area (Å²) in [6.45, 7) is 0.933. The SMILES string of the molecule is ClCCCCCCNc1ncc(I)cn1. The van der Waals surface area contributed by atoms with Gasteiger partial charge < -0.3 is 5.32 Å². The predicted molar refractivity (Wildman–Crippen MR) is 72.4 cm³/mol. The number of rotatable bonds is 7. The van der Waals surface area contributed by atoms with Crippen LogP contribution in [0.2, 0.25) is 0 Å². The van der Waals surface area contributed by atoms with Crippen LogP contribution in [0.4, 0.5) is 5.95 Å². The third-order valence-electron chi connectivity index (χ3n) is 1.96. The number of aromatic nitrogens is 2. The van der Waals surface area contributed by atoms with Gasteiger partial charge in [-0.15, -0.1) is 11.6 Å². The molecule has 15 heavy (non-hydrogen) atoms. The average molecular weight is 340 g/mol. The molecule has 0 saturated heterocycles. The van der Waals surface area contributed by atoms with Crippen molar-refractivity contribution in [2.24, 2.45) is 0 Å². The van der Waals surface area contributed by atoms with Gasteiger partial charge in [-0.3, -0.25) is 0 Å². The van der Waals surface area contributed by atoms with E-state index in [1.54, 1.807) is 0 Å². The standard InChI is InChI=1S/C10H15ClIN3/c11-5-3-1-2-4-6-13-10-14-7-9(12)8-15-10/h7-8H,1-6H2,(H,13,14,15). The quantitative estimate of drug-likeness (QED) is 0.470. The van der Waals surface area contributed by atoms with Gasteiger partial charge in [0, 0.05) is 28.4 Å².